The van der Waals surface area contributed by atoms with E-state index in [2.05, 4.69) is 12.1 Å². The first kappa shape index (κ1) is 14.7. The lowest BCUT2D eigenvalue weighted by Crippen LogP contribution is -1.99. The topological polar surface area (TPSA) is 32.6 Å². The van der Waals surface area contributed by atoms with E-state index in [1.807, 2.05) is 0 Å². The zero-order valence-corrected chi connectivity index (χ0v) is 11.6. The Labute approximate surface area is 117 Å². The lowest BCUT2D eigenvalue weighted by molar-refractivity contribution is 0.319. The molecule has 0 heterocycles. The number of allylic oxidation sites excluding steroid dienone is 2. The van der Waals surface area contributed by atoms with Crippen molar-refractivity contribution in [3.05, 3.63) is 41.0 Å². The van der Waals surface area contributed by atoms with Crippen molar-refractivity contribution in [2.75, 3.05) is 0 Å². The van der Waals surface area contributed by atoms with Gasteiger partial charge in [0.1, 0.15) is 0 Å². The zero-order valence-electron chi connectivity index (χ0n) is 11.6. The second kappa shape index (κ2) is 6.64. The van der Waals surface area contributed by atoms with E-state index in [4.69, 9.17) is 5.21 Å². The quantitative estimate of drug-likeness (QED) is 0.463. The maximum Gasteiger partial charge on any atom is 0.159 e. The van der Waals surface area contributed by atoms with Crippen LogP contribution in [0, 0.1) is 11.6 Å². The van der Waals surface area contributed by atoms with E-state index in [9.17, 15) is 8.78 Å². The summed E-state index contributed by atoms with van der Waals surface area (Å²) in [5.74, 6) is -1.73. The molecule has 0 bridgehead atoms. The van der Waals surface area contributed by atoms with Gasteiger partial charge in [-0.05, 0) is 43.4 Å². The van der Waals surface area contributed by atoms with Gasteiger partial charge in [0.05, 0.1) is 5.71 Å². The number of rotatable bonds is 5. The van der Waals surface area contributed by atoms with Gasteiger partial charge in [-0.1, -0.05) is 36.6 Å². The van der Waals surface area contributed by atoms with Gasteiger partial charge in [-0.3, -0.25) is 0 Å². The first-order valence-corrected chi connectivity index (χ1v) is 7.06. The van der Waals surface area contributed by atoms with Crippen LogP contribution >= 0.6 is 0 Å². The van der Waals surface area contributed by atoms with Crippen LogP contribution in [-0.4, -0.2) is 10.9 Å². The summed E-state index contributed by atoms with van der Waals surface area (Å²) in [6.07, 6.45) is 5.75. The summed E-state index contributed by atoms with van der Waals surface area (Å²) >= 11 is 0. The Kier molecular flexibility index (Phi) is 4.88. The first-order valence-electron chi connectivity index (χ1n) is 7.06. The molecule has 0 saturated heterocycles. The third kappa shape index (κ3) is 3.06. The minimum absolute atomic E-state index is 0.572. The molecule has 2 nitrogen and oxygen atoms in total. The fourth-order valence-corrected chi connectivity index (χ4v) is 2.68. The van der Waals surface area contributed by atoms with E-state index in [0.29, 0.717) is 17.7 Å². The van der Waals surface area contributed by atoms with Gasteiger partial charge in [-0.2, -0.15) is 0 Å². The van der Waals surface area contributed by atoms with E-state index >= 15 is 0 Å². The Bertz CT molecular complexity index is 549. The highest BCUT2D eigenvalue weighted by molar-refractivity contribution is 6.26. The van der Waals surface area contributed by atoms with Crippen molar-refractivity contribution in [3.63, 3.8) is 0 Å². The molecule has 0 radical (unpaired) electrons. The monoisotopic (exact) mass is 279 g/mol. The number of benzene rings is 1. The molecule has 0 aliphatic heterocycles. The van der Waals surface area contributed by atoms with Gasteiger partial charge >= 0.3 is 0 Å². The number of unbranched alkanes of at least 4 members (excludes halogenated alkanes) is 2. The minimum atomic E-state index is -0.868. The fourth-order valence-electron chi connectivity index (χ4n) is 2.68. The summed E-state index contributed by atoms with van der Waals surface area (Å²) in [6, 6.07) is 3.85. The number of halogens is 2. The van der Waals surface area contributed by atoms with Gasteiger partial charge in [0.2, 0.25) is 0 Å². The second-order valence-corrected chi connectivity index (χ2v) is 5.11. The van der Waals surface area contributed by atoms with E-state index in [1.54, 1.807) is 6.07 Å². The Morgan fingerprint density at radius 2 is 1.95 bits per heavy atom. The SMILES string of the molecule is CCCCCC1=C(c2ccc(F)c(F)c2)/C(=N/O)CC1. The molecule has 0 fully saturated rings. The van der Waals surface area contributed by atoms with Crippen LogP contribution in [0.3, 0.4) is 0 Å². The van der Waals surface area contributed by atoms with Gasteiger partial charge in [0.25, 0.3) is 0 Å². The molecular formula is C16H19F2NO. The molecule has 0 saturated carbocycles. The Hall–Kier alpha value is -1.71. The normalized spacial score (nSPS) is 17.2. The van der Waals surface area contributed by atoms with Crippen molar-refractivity contribution in [1.29, 1.82) is 0 Å². The van der Waals surface area contributed by atoms with Crippen LogP contribution in [0.5, 0.6) is 0 Å². The smallest absolute Gasteiger partial charge is 0.159 e. The van der Waals surface area contributed by atoms with Gasteiger partial charge in [-0.15, -0.1) is 0 Å². The van der Waals surface area contributed by atoms with E-state index < -0.39 is 11.6 Å². The summed E-state index contributed by atoms with van der Waals surface area (Å²) < 4.78 is 26.4. The van der Waals surface area contributed by atoms with Gasteiger partial charge < -0.3 is 5.21 Å². The van der Waals surface area contributed by atoms with Gasteiger partial charge in [0.15, 0.2) is 11.6 Å². The Morgan fingerprint density at radius 1 is 1.15 bits per heavy atom. The highest BCUT2D eigenvalue weighted by atomic mass is 19.2. The maximum absolute atomic E-state index is 13.4. The molecule has 1 aromatic carbocycles. The zero-order chi connectivity index (χ0) is 14.5. The lowest BCUT2D eigenvalue weighted by atomic mass is 9.97. The predicted molar refractivity (Wildman–Crippen MR) is 75.9 cm³/mol. The third-order valence-electron chi connectivity index (χ3n) is 3.72. The third-order valence-corrected chi connectivity index (χ3v) is 3.72. The van der Waals surface area contributed by atoms with Crippen molar-refractivity contribution in [3.8, 4) is 0 Å². The highest BCUT2D eigenvalue weighted by Crippen LogP contribution is 2.35. The largest absolute Gasteiger partial charge is 0.411 e. The van der Waals surface area contributed by atoms with Crippen LogP contribution < -0.4 is 0 Å². The van der Waals surface area contributed by atoms with Crippen molar-refractivity contribution >= 4 is 11.3 Å². The standard InChI is InChI=1S/C16H19F2NO/c1-2-3-4-5-11-7-9-15(19-20)16(11)12-6-8-13(17)14(18)10-12/h6,8,10,20H,2-5,7,9H2,1H3/b19-15+. The minimum Gasteiger partial charge on any atom is -0.411 e. The fraction of sp³-hybridized carbons (Fsp3) is 0.438. The molecule has 0 spiro atoms. The van der Waals surface area contributed by atoms with Gasteiger partial charge in [-0.25, -0.2) is 8.78 Å². The van der Waals surface area contributed by atoms with Crippen LogP contribution in [0.25, 0.3) is 5.57 Å². The second-order valence-electron chi connectivity index (χ2n) is 5.11. The van der Waals surface area contributed by atoms with Crippen molar-refractivity contribution in [1.82, 2.24) is 0 Å². The van der Waals surface area contributed by atoms with Crippen LogP contribution in [-0.2, 0) is 0 Å². The molecule has 0 aromatic heterocycles. The van der Waals surface area contributed by atoms with E-state index in [-0.39, 0.29) is 0 Å². The van der Waals surface area contributed by atoms with E-state index in [1.165, 1.54) is 11.6 Å². The maximum atomic E-state index is 13.4. The molecule has 20 heavy (non-hydrogen) atoms. The lowest BCUT2D eigenvalue weighted by Gasteiger charge is -2.08. The predicted octanol–water partition coefficient (Wildman–Crippen LogP) is 4.92. The number of nitrogens with zero attached hydrogens (tertiary/aromatic N) is 1. The molecule has 1 N–H and O–H groups in total. The summed E-state index contributed by atoms with van der Waals surface area (Å²) in [7, 11) is 0. The van der Waals surface area contributed by atoms with Crippen molar-refractivity contribution < 1.29 is 14.0 Å². The molecule has 1 aliphatic carbocycles. The number of oxime groups is 1. The highest BCUT2D eigenvalue weighted by Gasteiger charge is 2.23. The number of hydrogen-bond acceptors (Lipinski definition) is 2. The van der Waals surface area contributed by atoms with Crippen LogP contribution in [0.4, 0.5) is 8.78 Å². The molecular weight excluding hydrogens is 260 g/mol. The van der Waals surface area contributed by atoms with E-state index in [0.717, 1.165) is 43.7 Å². The molecule has 1 aliphatic rings. The summed E-state index contributed by atoms with van der Waals surface area (Å²) in [5.41, 5.74) is 3.14. The summed E-state index contributed by atoms with van der Waals surface area (Å²) in [4.78, 5) is 0. The van der Waals surface area contributed by atoms with Crippen LogP contribution in [0.2, 0.25) is 0 Å². The Morgan fingerprint density at radius 3 is 2.60 bits per heavy atom. The Balaban J connectivity index is 2.34. The molecule has 4 heteroatoms. The van der Waals surface area contributed by atoms with Crippen LogP contribution in [0.1, 0.15) is 51.0 Å². The van der Waals surface area contributed by atoms with Gasteiger partial charge in [0, 0.05) is 5.57 Å². The molecule has 1 aromatic rings. The summed E-state index contributed by atoms with van der Waals surface area (Å²) in [6.45, 7) is 2.14. The molecule has 0 amide bonds. The summed E-state index contributed by atoms with van der Waals surface area (Å²) in [5, 5.41) is 12.4. The average molecular weight is 279 g/mol. The molecule has 108 valence electrons. The van der Waals surface area contributed by atoms with Crippen LogP contribution in [0.15, 0.2) is 28.9 Å². The molecule has 2 rings (SSSR count). The molecule has 0 atom stereocenters. The molecule has 0 unspecified atom stereocenters. The van der Waals surface area contributed by atoms with Crippen molar-refractivity contribution in [2.45, 2.75) is 45.4 Å². The average Bonchev–Trinajstić information content (AvgIpc) is 2.85. The van der Waals surface area contributed by atoms with Crippen molar-refractivity contribution in [2.24, 2.45) is 5.16 Å². The number of hydrogen-bond donors (Lipinski definition) is 1. The first-order chi connectivity index (χ1) is 9.67.